The molecule has 2 aromatic rings. The van der Waals surface area contributed by atoms with Crippen molar-refractivity contribution in [1.82, 2.24) is 10.2 Å². The van der Waals surface area contributed by atoms with Gasteiger partial charge in [0.2, 0.25) is 0 Å². The Hall–Kier alpha value is -1.82. The molecule has 3 rings (SSSR count). The van der Waals surface area contributed by atoms with Gasteiger partial charge in [-0.05, 0) is 31.0 Å². The molecule has 1 aliphatic rings. The van der Waals surface area contributed by atoms with Crippen LogP contribution in [0.4, 0.5) is 13.2 Å². The summed E-state index contributed by atoms with van der Waals surface area (Å²) < 4.78 is 37.4. The second-order valence-corrected chi connectivity index (χ2v) is 4.90. The highest BCUT2D eigenvalue weighted by atomic mass is 19.4. The zero-order valence-electron chi connectivity index (χ0n) is 9.96. The van der Waals surface area contributed by atoms with Gasteiger partial charge in [0.1, 0.15) is 0 Å². The Morgan fingerprint density at radius 3 is 2.32 bits per heavy atom. The monoisotopic (exact) mass is 267 g/mol. The van der Waals surface area contributed by atoms with E-state index in [0.717, 1.165) is 30.7 Å². The Morgan fingerprint density at radius 1 is 1.16 bits per heavy atom. The van der Waals surface area contributed by atoms with Crippen LogP contribution in [0.25, 0.3) is 11.3 Å². The molecular formula is C13H12F3N3. The van der Waals surface area contributed by atoms with Crippen molar-refractivity contribution in [2.24, 2.45) is 5.73 Å². The van der Waals surface area contributed by atoms with Gasteiger partial charge >= 0.3 is 6.18 Å². The molecule has 0 spiro atoms. The zero-order chi connectivity index (χ0) is 13.7. The summed E-state index contributed by atoms with van der Waals surface area (Å²) in [7, 11) is 0. The standard InChI is InChI=1S/C13H12F3N3/c14-13(15,16)9-3-1-8(2-4-9)10-7-11(19-18-10)12(17)5-6-12/h1-4,7H,5-6,17H2,(H,18,19). The smallest absolute Gasteiger partial charge is 0.320 e. The number of nitrogens with zero attached hydrogens (tertiary/aromatic N) is 1. The summed E-state index contributed by atoms with van der Waals surface area (Å²) in [5.41, 5.74) is 7.12. The van der Waals surface area contributed by atoms with Gasteiger partial charge in [0.15, 0.2) is 0 Å². The third-order valence-electron chi connectivity index (χ3n) is 3.41. The molecule has 0 unspecified atom stereocenters. The van der Waals surface area contributed by atoms with E-state index in [1.54, 1.807) is 6.07 Å². The fourth-order valence-corrected chi connectivity index (χ4v) is 1.96. The number of halogens is 3. The van der Waals surface area contributed by atoms with E-state index in [1.807, 2.05) is 0 Å². The fourth-order valence-electron chi connectivity index (χ4n) is 1.96. The van der Waals surface area contributed by atoms with Gasteiger partial charge < -0.3 is 5.73 Å². The second kappa shape index (κ2) is 3.84. The summed E-state index contributed by atoms with van der Waals surface area (Å²) in [5, 5.41) is 6.95. The van der Waals surface area contributed by atoms with E-state index in [-0.39, 0.29) is 5.54 Å². The minimum Gasteiger partial charge on any atom is -0.320 e. The van der Waals surface area contributed by atoms with Crippen LogP contribution in [0.5, 0.6) is 0 Å². The quantitative estimate of drug-likeness (QED) is 0.878. The molecule has 0 saturated heterocycles. The predicted molar refractivity (Wildman–Crippen MR) is 64.1 cm³/mol. The number of rotatable bonds is 2. The van der Waals surface area contributed by atoms with Crippen molar-refractivity contribution in [3.63, 3.8) is 0 Å². The van der Waals surface area contributed by atoms with Crippen molar-refractivity contribution in [3.05, 3.63) is 41.6 Å². The maximum atomic E-state index is 12.5. The summed E-state index contributed by atoms with van der Waals surface area (Å²) in [6.45, 7) is 0. The summed E-state index contributed by atoms with van der Waals surface area (Å²) in [6.07, 6.45) is -2.51. The van der Waals surface area contributed by atoms with Crippen LogP contribution in [0.1, 0.15) is 24.1 Å². The molecule has 0 amide bonds. The van der Waals surface area contributed by atoms with Crippen LogP contribution in [0, 0.1) is 0 Å². The summed E-state index contributed by atoms with van der Waals surface area (Å²) >= 11 is 0. The maximum absolute atomic E-state index is 12.5. The average molecular weight is 267 g/mol. The largest absolute Gasteiger partial charge is 0.416 e. The first-order valence-electron chi connectivity index (χ1n) is 5.91. The van der Waals surface area contributed by atoms with Gasteiger partial charge in [0, 0.05) is 5.56 Å². The molecular weight excluding hydrogens is 255 g/mol. The molecule has 0 atom stereocenters. The summed E-state index contributed by atoms with van der Waals surface area (Å²) in [6, 6.07) is 6.74. The first-order chi connectivity index (χ1) is 8.88. The van der Waals surface area contributed by atoms with E-state index in [1.165, 1.54) is 12.1 Å². The number of alkyl halides is 3. The molecule has 1 aliphatic carbocycles. The minimum atomic E-state index is -4.31. The average Bonchev–Trinajstić information content (AvgIpc) is 2.93. The number of nitrogens with one attached hydrogen (secondary N) is 1. The molecule has 100 valence electrons. The maximum Gasteiger partial charge on any atom is 0.416 e. The number of hydrogen-bond acceptors (Lipinski definition) is 2. The molecule has 1 aromatic carbocycles. The lowest BCUT2D eigenvalue weighted by molar-refractivity contribution is -0.137. The minimum absolute atomic E-state index is 0.322. The van der Waals surface area contributed by atoms with E-state index < -0.39 is 11.7 Å². The molecule has 1 fully saturated rings. The van der Waals surface area contributed by atoms with Gasteiger partial charge in [-0.1, -0.05) is 12.1 Å². The van der Waals surface area contributed by atoms with Crippen LogP contribution in [0.2, 0.25) is 0 Å². The van der Waals surface area contributed by atoms with Crippen LogP contribution in [-0.4, -0.2) is 10.2 Å². The van der Waals surface area contributed by atoms with E-state index in [9.17, 15) is 13.2 Å². The van der Waals surface area contributed by atoms with Crippen LogP contribution in [0.15, 0.2) is 30.3 Å². The number of aromatic amines is 1. The molecule has 0 aliphatic heterocycles. The van der Waals surface area contributed by atoms with Gasteiger partial charge in [0.25, 0.3) is 0 Å². The molecule has 0 radical (unpaired) electrons. The molecule has 1 aromatic heterocycles. The van der Waals surface area contributed by atoms with Crippen LogP contribution in [0.3, 0.4) is 0 Å². The number of nitrogens with two attached hydrogens (primary N) is 1. The molecule has 19 heavy (non-hydrogen) atoms. The molecule has 1 saturated carbocycles. The molecule has 1 heterocycles. The van der Waals surface area contributed by atoms with E-state index >= 15 is 0 Å². The highest BCUT2D eigenvalue weighted by molar-refractivity contribution is 5.60. The van der Waals surface area contributed by atoms with Crippen molar-refractivity contribution < 1.29 is 13.2 Å². The van der Waals surface area contributed by atoms with Crippen molar-refractivity contribution in [2.75, 3.05) is 0 Å². The third-order valence-corrected chi connectivity index (χ3v) is 3.41. The van der Waals surface area contributed by atoms with Gasteiger partial charge in [-0.15, -0.1) is 0 Å². The lowest BCUT2D eigenvalue weighted by Crippen LogP contribution is -2.18. The van der Waals surface area contributed by atoms with Crippen molar-refractivity contribution in [1.29, 1.82) is 0 Å². The predicted octanol–water partition coefficient (Wildman–Crippen LogP) is 3.04. The number of benzene rings is 1. The Labute approximate surface area is 107 Å². The van der Waals surface area contributed by atoms with Crippen LogP contribution in [-0.2, 0) is 11.7 Å². The highest BCUT2D eigenvalue weighted by Crippen LogP contribution is 2.42. The first-order valence-corrected chi connectivity index (χ1v) is 5.91. The number of H-pyrrole nitrogens is 1. The Balaban J connectivity index is 1.88. The highest BCUT2D eigenvalue weighted by Gasteiger charge is 2.41. The molecule has 3 nitrogen and oxygen atoms in total. The summed E-state index contributed by atoms with van der Waals surface area (Å²) in [5.74, 6) is 0. The van der Waals surface area contributed by atoms with Crippen LogP contribution >= 0.6 is 0 Å². The zero-order valence-corrected chi connectivity index (χ0v) is 9.96. The third kappa shape index (κ3) is 2.23. The first kappa shape index (κ1) is 12.2. The Kier molecular flexibility index (Phi) is 2.47. The normalized spacial score (nSPS) is 17.5. The van der Waals surface area contributed by atoms with E-state index in [2.05, 4.69) is 10.2 Å². The lowest BCUT2D eigenvalue weighted by atomic mass is 10.1. The Bertz CT molecular complexity index is 594. The lowest BCUT2D eigenvalue weighted by Gasteiger charge is -2.06. The molecule has 0 bridgehead atoms. The van der Waals surface area contributed by atoms with Crippen LogP contribution < -0.4 is 5.73 Å². The molecule has 6 heteroatoms. The Morgan fingerprint density at radius 2 is 1.79 bits per heavy atom. The van der Waals surface area contributed by atoms with Crippen molar-refractivity contribution in [3.8, 4) is 11.3 Å². The van der Waals surface area contributed by atoms with Gasteiger partial charge in [-0.2, -0.15) is 18.3 Å². The van der Waals surface area contributed by atoms with E-state index in [0.29, 0.717) is 11.3 Å². The number of hydrogen-bond donors (Lipinski definition) is 2. The van der Waals surface area contributed by atoms with Gasteiger partial charge in [0.05, 0.1) is 22.5 Å². The number of aromatic nitrogens is 2. The second-order valence-electron chi connectivity index (χ2n) is 4.90. The van der Waals surface area contributed by atoms with Gasteiger partial charge in [-0.3, -0.25) is 5.10 Å². The SMILES string of the molecule is NC1(c2cc(-c3ccc(C(F)(F)F)cc3)n[nH]2)CC1. The summed E-state index contributed by atoms with van der Waals surface area (Å²) in [4.78, 5) is 0. The fraction of sp³-hybridized carbons (Fsp3) is 0.308. The van der Waals surface area contributed by atoms with Crippen molar-refractivity contribution in [2.45, 2.75) is 24.6 Å². The van der Waals surface area contributed by atoms with Gasteiger partial charge in [-0.25, -0.2) is 0 Å². The van der Waals surface area contributed by atoms with Crippen molar-refractivity contribution >= 4 is 0 Å². The molecule has 3 N–H and O–H groups in total. The van der Waals surface area contributed by atoms with E-state index in [4.69, 9.17) is 5.73 Å². The topological polar surface area (TPSA) is 54.7 Å².